The molecule has 1 heterocycles. The Kier molecular flexibility index (Phi) is 9.30. The van der Waals surface area contributed by atoms with E-state index in [1.54, 1.807) is 37.7 Å². The van der Waals surface area contributed by atoms with Crippen molar-refractivity contribution in [2.24, 2.45) is 5.92 Å². The maximum Gasteiger partial charge on any atom is 0.250 e. The Labute approximate surface area is 148 Å². The van der Waals surface area contributed by atoms with Gasteiger partial charge in [0.1, 0.15) is 12.7 Å². The highest BCUT2D eigenvalue weighted by atomic mass is 16.5. The molecule has 0 bridgehead atoms. The van der Waals surface area contributed by atoms with E-state index in [4.69, 9.17) is 9.47 Å². The first-order valence-corrected chi connectivity index (χ1v) is 8.23. The predicted octanol–water partition coefficient (Wildman–Crippen LogP) is 1.38. The maximum absolute atomic E-state index is 11.8. The molecule has 0 saturated heterocycles. The van der Waals surface area contributed by atoms with Gasteiger partial charge in [0.2, 0.25) is 5.91 Å². The van der Waals surface area contributed by atoms with Gasteiger partial charge in [-0.05, 0) is 30.5 Å². The molecular formula is C18H28N2O5. The molecule has 140 valence electrons. The van der Waals surface area contributed by atoms with Gasteiger partial charge >= 0.3 is 0 Å². The Morgan fingerprint density at radius 1 is 1.28 bits per heavy atom. The number of anilines is 1. The van der Waals surface area contributed by atoms with E-state index >= 15 is 0 Å². The van der Waals surface area contributed by atoms with Crippen LogP contribution in [0.5, 0.6) is 0 Å². The van der Waals surface area contributed by atoms with Crippen LogP contribution >= 0.6 is 0 Å². The molecule has 7 heteroatoms. The molecule has 0 saturated carbocycles. The second-order valence-electron chi connectivity index (χ2n) is 6.09. The van der Waals surface area contributed by atoms with Crippen molar-refractivity contribution in [3.05, 3.63) is 36.2 Å². The molecule has 1 aromatic rings. The minimum atomic E-state index is -1.05. The summed E-state index contributed by atoms with van der Waals surface area (Å²) in [7, 11) is 1.55. The Bertz CT molecular complexity index is 546. The van der Waals surface area contributed by atoms with Crippen LogP contribution in [0.4, 0.5) is 5.69 Å². The van der Waals surface area contributed by atoms with Gasteiger partial charge in [0.05, 0.1) is 18.8 Å². The SMILES string of the molecule is CO[C@H](/C(=C/COCC(=O)Nc1ccncc1)[C@@H](O)[C@@H](C)O)C(C)C. The molecule has 0 fully saturated rings. The highest BCUT2D eigenvalue weighted by Gasteiger charge is 2.26. The molecule has 3 atom stereocenters. The smallest absolute Gasteiger partial charge is 0.250 e. The topological polar surface area (TPSA) is 101 Å². The standard InChI is InChI=1S/C18H28N2O5/c1-12(2)18(24-4)15(17(23)13(3)21)7-10-25-11-16(22)20-14-5-8-19-9-6-14/h5-9,12-13,17-18,21,23H,10-11H2,1-4H3,(H,19,20,22)/b15-7+/t13-,17+,18+/m1/s1. The molecule has 7 nitrogen and oxygen atoms in total. The number of ether oxygens (including phenoxy) is 2. The van der Waals surface area contributed by atoms with E-state index in [0.29, 0.717) is 11.3 Å². The Balaban J connectivity index is 2.60. The Hall–Kier alpha value is -1.80. The zero-order chi connectivity index (χ0) is 18.8. The first-order valence-electron chi connectivity index (χ1n) is 8.23. The van der Waals surface area contributed by atoms with E-state index in [1.807, 2.05) is 13.8 Å². The fourth-order valence-corrected chi connectivity index (χ4v) is 2.42. The summed E-state index contributed by atoms with van der Waals surface area (Å²) in [6, 6.07) is 3.36. The van der Waals surface area contributed by atoms with Gasteiger partial charge in [-0.25, -0.2) is 0 Å². The number of nitrogens with zero attached hydrogens (tertiary/aromatic N) is 1. The van der Waals surface area contributed by atoms with Crippen molar-refractivity contribution in [2.45, 2.75) is 39.1 Å². The van der Waals surface area contributed by atoms with Gasteiger partial charge in [0.25, 0.3) is 0 Å². The van der Waals surface area contributed by atoms with E-state index in [2.05, 4.69) is 10.3 Å². The first kappa shape index (κ1) is 21.2. The summed E-state index contributed by atoms with van der Waals surface area (Å²) in [5.74, 6) is -0.177. The van der Waals surface area contributed by atoms with Crippen LogP contribution in [0.2, 0.25) is 0 Å². The van der Waals surface area contributed by atoms with Crippen molar-refractivity contribution in [2.75, 3.05) is 25.6 Å². The van der Waals surface area contributed by atoms with Crippen LogP contribution in [0.25, 0.3) is 0 Å². The number of aliphatic hydroxyl groups excluding tert-OH is 2. The quantitative estimate of drug-likeness (QED) is 0.434. The third-order valence-corrected chi connectivity index (χ3v) is 3.62. The predicted molar refractivity (Wildman–Crippen MR) is 95.1 cm³/mol. The third-order valence-electron chi connectivity index (χ3n) is 3.62. The summed E-state index contributed by atoms with van der Waals surface area (Å²) < 4.78 is 10.8. The van der Waals surface area contributed by atoms with Crippen molar-refractivity contribution in [1.82, 2.24) is 4.98 Å². The molecule has 1 amide bonds. The number of methoxy groups -OCH3 is 1. The third kappa shape index (κ3) is 7.31. The fraction of sp³-hybridized carbons (Fsp3) is 0.556. The van der Waals surface area contributed by atoms with Crippen molar-refractivity contribution < 1.29 is 24.5 Å². The van der Waals surface area contributed by atoms with Crippen LogP contribution in [0.3, 0.4) is 0 Å². The summed E-state index contributed by atoms with van der Waals surface area (Å²) in [5.41, 5.74) is 1.19. The number of aliphatic hydroxyl groups is 2. The lowest BCUT2D eigenvalue weighted by molar-refractivity contribution is -0.120. The highest BCUT2D eigenvalue weighted by Crippen LogP contribution is 2.21. The van der Waals surface area contributed by atoms with E-state index in [0.717, 1.165) is 0 Å². The lowest BCUT2D eigenvalue weighted by atomic mass is 9.92. The number of carbonyl (C=O) groups excluding carboxylic acids is 1. The average molecular weight is 352 g/mol. The Morgan fingerprint density at radius 2 is 1.92 bits per heavy atom. The lowest BCUT2D eigenvalue weighted by Crippen LogP contribution is -2.35. The van der Waals surface area contributed by atoms with Crippen LogP contribution < -0.4 is 5.32 Å². The number of hydrogen-bond donors (Lipinski definition) is 3. The second kappa shape index (κ2) is 10.9. The summed E-state index contributed by atoms with van der Waals surface area (Å²) in [5, 5.41) is 22.6. The van der Waals surface area contributed by atoms with Crippen molar-refractivity contribution >= 4 is 11.6 Å². The number of amides is 1. The summed E-state index contributed by atoms with van der Waals surface area (Å²) in [6.45, 7) is 5.42. The van der Waals surface area contributed by atoms with E-state index in [9.17, 15) is 15.0 Å². The van der Waals surface area contributed by atoms with E-state index in [1.165, 1.54) is 6.92 Å². The maximum atomic E-state index is 11.8. The first-order chi connectivity index (χ1) is 11.9. The normalized spacial score (nSPS) is 15.7. The van der Waals surface area contributed by atoms with Gasteiger partial charge in [-0.3, -0.25) is 9.78 Å². The number of hydrogen-bond acceptors (Lipinski definition) is 6. The average Bonchev–Trinajstić information content (AvgIpc) is 2.57. The molecule has 0 aliphatic carbocycles. The lowest BCUT2D eigenvalue weighted by Gasteiger charge is -2.28. The van der Waals surface area contributed by atoms with Crippen molar-refractivity contribution in [3.63, 3.8) is 0 Å². The largest absolute Gasteiger partial charge is 0.390 e. The van der Waals surface area contributed by atoms with Crippen molar-refractivity contribution in [1.29, 1.82) is 0 Å². The molecule has 1 aromatic heterocycles. The summed E-state index contributed by atoms with van der Waals surface area (Å²) in [6.07, 6.45) is 2.49. The van der Waals surface area contributed by atoms with E-state index in [-0.39, 0.29) is 31.1 Å². The minimum Gasteiger partial charge on any atom is -0.390 e. The van der Waals surface area contributed by atoms with Gasteiger partial charge in [-0.15, -0.1) is 0 Å². The van der Waals surface area contributed by atoms with Crippen LogP contribution in [-0.2, 0) is 14.3 Å². The molecule has 25 heavy (non-hydrogen) atoms. The van der Waals surface area contributed by atoms with Gasteiger partial charge in [0.15, 0.2) is 0 Å². The molecule has 0 radical (unpaired) electrons. The summed E-state index contributed by atoms with van der Waals surface area (Å²) >= 11 is 0. The molecule has 0 unspecified atom stereocenters. The van der Waals surface area contributed by atoms with Gasteiger partial charge in [0, 0.05) is 25.2 Å². The molecule has 1 rings (SSSR count). The second-order valence-corrected chi connectivity index (χ2v) is 6.09. The van der Waals surface area contributed by atoms with Gasteiger partial charge in [-0.2, -0.15) is 0 Å². The van der Waals surface area contributed by atoms with Crippen LogP contribution in [0.15, 0.2) is 36.2 Å². The molecule has 3 N–H and O–H groups in total. The Morgan fingerprint density at radius 3 is 2.44 bits per heavy atom. The number of aromatic nitrogens is 1. The number of carbonyl (C=O) groups is 1. The highest BCUT2D eigenvalue weighted by molar-refractivity contribution is 5.91. The van der Waals surface area contributed by atoms with Crippen molar-refractivity contribution in [3.8, 4) is 0 Å². The minimum absolute atomic E-state index is 0.111. The number of pyridine rings is 1. The zero-order valence-electron chi connectivity index (χ0n) is 15.2. The van der Waals surface area contributed by atoms with Crippen LogP contribution in [-0.4, -0.2) is 59.7 Å². The fourth-order valence-electron chi connectivity index (χ4n) is 2.42. The molecular weight excluding hydrogens is 324 g/mol. The monoisotopic (exact) mass is 352 g/mol. The molecule has 0 aromatic carbocycles. The molecule has 0 aliphatic heterocycles. The zero-order valence-corrected chi connectivity index (χ0v) is 15.2. The van der Waals surface area contributed by atoms with Crippen LogP contribution in [0.1, 0.15) is 20.8 Å². The molecule has 0 spiro atoms. The van der Waals surface area contributed by atoms with Gasteiger partial charge in [-0.1, -0.05) is 19.9 Å². The van der Waals surface area contributed by atoms with Crippen LogP contribution in [0, 0.1) is 5.92 Å². The number of nitrogens with one attached hydrogen (secondary N) is 1. The number of rotatable bonds is 10. The van der Waals surface area contributed by atoms with Gasteiger partial charge < -0.3 is 25.0 Å². The molecule has 0 aliphatic rings. The summed E-state index contributed by atoms with van der Waals surface area (Å²) in [4.78, 5) is 15.7. The van der Waals surface area contributed by atoms with E-state index < -0.39 is 12.2 Å².